The predicted octanol–water partition coefficient (Wildman–Crippen LogP) is 5.01. The highest BCUT2D eigenvalue weighted by atomic mass is 19.1. The van der Waals surface area contributed by atoms with Gasteiger partial charge in [-0.25, -0.2) is 8.78 Å². The number of carbonyl (C=O) groups excluding carboxylic acids is 1. The maximum Gasteiger partial charge on any atom is 0.194 e. The average Bonchev–Trinajstić information content (AvgIpc) is 3.15. The van der Waals surface area contributed by atoms with Crippen molar-refractivity contribution in [3.05, 3.63) is 88.0 Å². The van der Waals surface area contributed by atoms with Gasteiger partial charge in [-0.1, -0.05) is 18.2 Å². The molecule has 0 unspecified atom stereocenters. The van der Waals surface area contributed by atoms with Gasteiger partial charge in [-0.2, -0.15) is 10.5 Å². The summed E-state index contributed by atoms with van der Waals surface area (Å²) in [7, 11) is 0. The molecule has 5 rings (SSSR count). The standard InChI is InChI=1S/C23H8F2N2O/c24-12-2-4-16-18(7-12)14-5-6-17-20(11(9-26)10-27)15-3-1-13(25)8-19(15)21(17)22(14)23(16)28/h1-8H. The maximum absolute atomic E-state index is 14.0. The second-order valence-electron chi connectivity index (χ2n) is 6.59. The highest BCUT2D eigenvalue weighted by Gasteiger charge is 2.36. The highest BCUT2D eigenvalue weighted by Crippen LogP contribution is 2.52. The minimum absolute atomic E-state index is 0.111. The number of ketones is 1. The van der Waals surface area contributed by atoms with E-state index in [1.807, 2.05) is 12.1 Å². The Balaban J connectivity index is 1.94. The molecule has 0 saturated heterocycles. The Labute approximate surface area is 158 Å². The van der Waals surface area contributed by atoms with Crippen LogP contribution in [-0.4, -0.2) is 5.78 Å². The van der Waals surface area contributed by atoms with E-state index in [4.69, 9.17) is 0 Å². The van der Waals surface area contributed by atoms with Crippen molar-refractivity contribution in [2.24, 2.45) is 0 Å². The van der Waals surface area contributed by atoms with Gasteiger partial charge in [0.05, 0.1) is 0 Å². The normalized spacial score (nSPS) is 12.6. The Morgan fingerprint density at radius 1 is 0.679 bits per heavy atom. The fraction of sp³-hybridized carbons (Fsp3) is 0. The Morgan fingerprint density at radius 2 is 1.25 bits per heavy atom. The van der Waals surface area contributed by atoms with Crippen molar-refractivity contribution in [3.8, 4) is 34.4 Å². The SMILES string of the molecule is N#CC(C#N)=C1c2ccc(F)cc2-c2c1ccc1c2C(=O)c2ccc(F)cc2-1. The monoisotopic (exact) mass is 366 g/mol. The summed E-state index contributed by atoms with van der Waals surface area (Å²) in [6.45, 7) is 0. The molecule has 0 amide bonds. The molecule has 0 aliphatic heterocycles. The van der Waals surface area contributed by atoms with Gasteiger partial charge in [0.2, 0.25) is 0 Å². The van der Waals surface area contributed by atoms with Crippen LogP contribution in [0.5, 0.6) is 0 Å². The minimum Gasteiger partial charge on any atom is -0.289 e. The van der Waals surface area contributed by atoms with Gasteiger partial charge in [0, 0.05) is 22.3 Å². The molecule has 0 bridgehead atoms. The molecule has 0 fully saturated rings. The second-order valence-corrected chi connectivity index (χ2v) is 6.59. The molecule has 3 aromatic carbocycles. The van der Waals surface area contributed by atoms with Gasteiger partial charge in [-0.15, -0.1) is 0 Å². The van der Waals surface area contributed by atoms with Crippen LogP contribution in [0.2, 0.25) is 0 Å². The molecule has 0 heterocycles. The Morgan fingerprint density at radius 3 is 1.93 bits per heavy atom. The van der Waals surface area contributed by atoms with Crippen molar-refractivity contribution >= 4 is 11.4 Å². The largest absolute Gasteiger partial charge is 0.289 e. The van der Waals surface area contributed by atoms with Gasteiger partial charge in [0.15, 0.2) is 5.78 Å². The van der Waals surface area contributed by atoms with E-state index in [0.717, 1.165) is 0 Å². The zero-order valence-corrected chi connectivity index (χ0v) is 14.2. The molecule has 0 saturated carbocycles. The van der Waals surface area contributed by atoms with E-state index in [0.29, 0.717) is 50.1 Å². The number of halogens is 2. The quantitative estimate of drug-likeness (QED) is 0.362. The second kappa shape index (κ2) is 5.45. The third-order valence-corrected chi connectivity index (χ3v) is 5.21. The number of nitrogens with zero attached hydrogens (tertiary/aromatic N) is 2. The van der Waals surface area contributed by atoms with Crippen LogP contribution < -0.4 is 0 Å². The molecule has 2 aliphatic carbocycles. The van der Waals surface area contributed by atoms with Crippen LogP contribution in [0.4, 0.5) is 8.78 Å². The van der Waals surface area contributed by atoms with Crippen LogP contribution in [0.25, 0.3) is 27.8 Å². The molecule has 0 N–H and O–H groups in total. The van der Waals surface area contributed by atoms with E-state index in [9.17, 15) is 24.1 Å². The lowest BCUT2D eigenvalue weighted by molar-refractivity contribution is 0.104. The summed E-state index contributed by atoms with van der Waals surface area (Å²) in [6.07, 6.45) is 0. The first kappa shape index (κ1) is 16.1. The van der Waals surface area contributed by atoms with Crippen molar-refractivity contribution in [3.63, 3.8) is 0 Å². The number of allylic oxidation sites excluding steroid dienone is 1. The molecule has 0 aromatic heterocycles. The molecule has 3 aromatic rings. The molecule has 3 nitrogen and oxygen atoms in total. The summed E-state index contributed by atoms with van der Waals surface area (Å²) in [4.78, 5) is 13.1. The lowest BCUT2D eigenvalue weighted by atomic mass is 9.93. The number of hydrogen-bond donors (Lipinski definition) is 0. The van der Waals surface area contributed by atoms with Crippen molar-refractivity contribution in [1.82, 2.24) is 0 Å². The molecule has 28 heavy (non-hydrogen) atoms. The zero-order valence-electron chi connectivity index (χ0n) is 14.2. The first-order valence-electron chi connectivity index (χ1n) is 8.42. The van der Waals surface area contributed by atoms with Gasteiger partial charge in [-0.05, 0) is 58.1 Å². The van der Waals surface area contributed by atoms with E-state index in [2.05, 4.69) is 0 Å². The summed E-state index contributed by atoms with van der Waals surface area (Å²) < 4.78 is 27.8. The summed E-state index contributed by atoms with van der Waals surface area (Å²) in [5.41, 5.74) is 4.02. The number of nitriles is 2. The maximum atomic E-state index is 14.0. The van der Waals surface area contributed by atoms with E-state index in [1.165, 1.54) is 36.4 Å². The van der Waals surface area contributed by atoms with Crippen LogP contribution >= 0.6 is 0 Å². The number of carbonyl (C=O) groups is 1. The zero-order chi connectivity index (χ0) is 19.6. The van der Waals surface area contributed by atoms with E-state index in [1.54, 1.807) is 12.1 Å². The van der Waals surface area contributed by atoms with Gasteiger partial charge < -0.3 is 0 Å². The van der Waals surface area contributed by atoms with Gasteiger partial charge >= 0.3 is 0 Å². The summed E-state index contributed by atoms with van der Waals surface area (Å²) in [5.74, 6) is -1.23. The minimum atomic E-state index is -0.493. The van der Waals surface area contributed by atoms with E-state index < -0.39 is 11.6 Å². The lowest BCUT2D eigenvalue weighted by Gasteiger charge is -2.08. The van der Waals surface area contributed by atoms with Crippen LogP contribution in [0.1, 0.15) is 27.0 Å². The number of benzene rings is 3. The molecule has 130 valence electrons. The Bertz CT molecular complexity index is 1350. The predicted molar refractivity (Wildman–Crippen MR) is 97.9 cm³/mol. The fourth-order valence-electron chi connectivity index (χ4n) is 4.12. The third kappa shape index (κ3) is 1.91. The topological polar surface area (TPSA) is 64.7 Å². The molecule has 5 heteroatoms. The summed E-state index contributed by atoms with van der Waals surface area (Å²) in [5, 5.41) is 18.8. The molecule has 0 spiro atoms. The van der Waals surface area contributed by atoms with Gasteiger partial charge in [-0.3, -0.25) is 4.79 Å². The van der Waals surface area contributed by atoms with Crippen molar-refractivity contribution < 1.29 is 13.6 Å². The molecule has 0 radical (unpaired) electrons. The number of fused-ring (bicyclic) bond motifs is 7. The van der Waals surface area contributed by atoms with Crippen LogP contribution in [0.15, 0.2) is 54.1 Å². The van der Waals surface area contributed by atoms with Crippen molar-refractivity contribution in [1.29, 1.82) is 10.5 Å². The smallest absolute Gasteiger partial charge is 0.194 e. The summed E-state index contributed by atoms with van der Waals surface area (Å²) in [6, 6.07) is 15.2. The van der Waals surface area contributed by atoms with E-state index in [-0.39, 0.29) is 11.4 Å². The van der Waals surface area contributed by atoms with Crippen LogP contribution in [-0.2, 0) is 0 Å². The molecule has 2 aliphatic rings. The third-order valence-electron chi connectivity index (χ3n) is 5.21. The van der Waals surface area contributed by atoms with E-state index >= 15 is 0 Å². The average molecular weight is 366 g/mol. The number of rotatable bonds is 0. The Hall–Kier alpha value is -4.09. The van der Waals surface area contributed by atoms with Crippen LogP contribution in [0, 0.1) is 34.3 Å². The molecular formula is C23H8F2N2O. The highest BCUT2D eigenvalue weighted by molar-refractivity contribution is 6.27. The first-order chi connectivity index (χ1) is 13.5. The van der Waals surface area contributed by atoms with Crippen molar-refractivity contribution in [2.45, 2.75) is 0 Å². The van der Waals surface area contributed by atoms with Crippen LogP contribution in [0.3, 0.4) is 0 Å². The lowest BCUT2D eigenvalue weighted by Crippen LogP contribution is -1.99. The number of hydrogen-bond acceptors (Lipinski definition) is 3. The fourth-order valence-corrected chi connectivity index (χ4v) is 4.12. The van der Waals surface area contributed by atoms with Gasteiger partial charge in [0.25, 0.3) is 0 Å². The molecular weight excluding hydrogens is 358 g/mol. The van der Waals surface area contributed by atoms with Crippen molar-refractivity contribution in [2.75, 3.05) is 0 Å². The first-order valence-corrected chi connectivity index (χ1v) is 8.42. The van der Waals surface area contributed by atoms with Gasteiger partial charge in [0.1, 0.15) is 29.3 Å². The Kier molecular flexibility index (Phi) is 3.14. The summed E-state index contributed by atoms with van der Waals surface area (Å²) >= 11 is 0. The molecule has 0 atom stereocenters.